The van der Waals surface area contributed by atoms with Crippen LogP contribution in [0.2, 0.25) is 0 Å². The third kappa shape index (κ3) is 4.49. The number of amides is 1. The Labute approximate surface area is 174 Å². The zero-order valence-corrected chi connectivity index (χ0v) is 17.0. The minimum absolute atomic E-state index is 0.187. The van der Waals surface area contributed by atoms with Gasteiger partial charge in [0.2, 0.25) is 6.79 Å². The second-order valence-electron chi connectivity index (χ2n) is 6.65. The number of hydrogen-bond acceptors (Lipinski definition) is 5. The van der Waals surface area contributed by atoms with Gasteiger partial charge in [0.1, 0.15) is 5.75 Å². The van der Waals surface area contributed by atoms with Crippen LogP contribution in [-0.4, -0.2) is 19.8 Å². The van der Waals surface area contributed by atoms with E-state index in [2.05, 4.69) is 36.5 Å². The van der Waals surface area contributed by atoms with Crippen LogP contribution >= 0.6 is 11.8 Å². The lowest BCUT2D eigenvalue weighted by Gasteiger charge is -2.12. The molecule has 0 saturated heterocycles. The molecule has 5 nitrogen and oxygen atoms in total. The maximum Gasteiger partial charge on any atom is 0.255 e. The summed E-state index contributed by atoms with van der Waals surface area (Å²) in [5.74, 6) is 2.60. The summed E-state index contributed by atoms with van der Waals surface area (Å²) in [5.41, 5.74) is 3.43. The van der Waals surface area contributed by atoms with Gasteiger partial charge in [-0.1, -0.05) is 17.7 Å². The van der Waals surface area contributed by atoms with Crippen molar-refractivity contribution in [1.29, 1.82) is 0 Å². The van der Waals surface area contributed by atoms with Gasteiger partial charge in [-0.15, -0.1) is 11.8 Å². The molecule has 0 spiro atoms. The van der Waals surface area contributed by atoms with Gasteiger partial charge >= 0.3 is 0 Å². The molecule has 1 aliphatic rings. The molecule has 0 radical (unpaired) electrons. The summed E-state index contributed by atoms with van der Waals surface area (Å²) in [4.78, 5) is 13.9. The summed E-state index contributed by atoms with van der Waals surface area (Å²) in [6, 6.07) is 19.2. The zero-order valence-electron chi connectivity index (χ0n) is 16.2. The van der Waals surface area contributed by atoms with Gasteiger partial charge in [0.15, 0.2) is 11.5 Å². The Hall–Kier alpha value is -3.12. The normalized spacial score (nSPS) is 11.9. The number of methoxy groups -OCH3 is 1. The number of aryl methyl sites for hydroxylation is 1. The van der Waals surface area contributed by atoms with E-state index in [9.17, 15) is 4.79 Å². The highest BCUT2D eigenvalue weighted by molar-refractivity contribution is 7.98. The predicted molar refractivity (Wildman–Crippen MR) is 114 cm³/mol. The van der Waals surface area contributed by atoms with E-state index in [4.69, 9.17) is 14.2 Å². The largest absolute Gasteiger partial charge is 0.496 e. The van der Waals surface area contributed by atoms with E-state index in [1.807, 2.05) is 12.1 Å². The summed E-state index contributed by atoms with van der Waals surface area (Å²) in [5, 5.41) is 2.91. The molecule has 4 rings (SSSR count). The Morgan fingerprint density at radius 1 is 1.03 bits per heavy atom. The van der Waals surface area contributed by atoms with Gasteiger partial charge in [0.25, 0.3) is 5.91 Å². The lowest BCUT2D eigenvalue weighted by molar-refractivity contribution is 0.102. The number of carbonyl (C=O) groups excluding carboxylic acids is 1. The Balaban J connectivity index is 1.49. The van der Waals surface area contributed by atoms with Crippen molar-refractivity contribution in [2.45, 2.75) is 17.6 Å². The van der Waals surface area contributed by atoms with E-state index in [1.165, 1.54) is 10.5 Å². The average Bonchev–Trinajstić information content (AvgIpc) is 3.21. The van der Waals surface area contributed by atoms with E-state index < -0.39 is 0 Å². The maximum absolute atomic E-state index is 12.7. The molecule has 29 heavy (non-hydrogen) atoms. The fourth-order valence-electron chi connectivity index (χ4n) is 3.01. The maximum atomic E-state index is 12.7. The van der Waals surface area contributed by atoms with Gasteiger partial charge in [0, 0.05) is 33.5 Å². The van der Waals surface area contributed by atoms with Gasteiger partial charge in [-0.3, -0.25) is 4.79 Å². The second kappa shape index (κ2) is 8.49. The van der Waals surface area contributed by atoms with Crippen LogP contribution in [0.5, 0.6) is 17.2 Å². The number of thioether (sulfide) groups is 1. The first kappa shape index (κ1) is 19.2. The van der Waals surface area contributed by atoms with Crippen molar-refractivity contribution in [3.05, 3.63) is 77.4 Å². The molecule has 1 amide bonds. The molecule has 0 unspecified atom stereocenters. The first-order valence-corrected chi connectivity index (χ1v) is 10.2. The van der Waals surface area contributed by atoms with Crippen LogP contribution in [0.25, 0.3) is 0 Å². The molecule has 0 saturated carbocycles. The minimum atomic E-state index is -0.187. The molecule has 0 fully saturated rings. The van der Waals surface area contributed by atoms with E-state index in [0.717, 1.165) is 11.3 Å². The van der Waals surface area contributed by atoms with Crippen LogP contribution in [0.3, 0.4) is 0 Å². The summed E-state index contributed by atoms with van der Waals surface area (Å²) in [6.07, 6.45) is 0. The molecule has 0 bridgehead atoms. The third-order valence-corrected chi connectivity index (χ3v) is 5.65. The smallest absolute Gasteiger partial charge is 0.255 e. The molecule has 0 atom stereocenters. The second-order valence-corrected chi connectivity index (χ2v) is 7.70. The van der Waals surface area contributed by atoms with Crippen LogP contribution < -0.4 is 19.5 Å². The highest BCUT2D eigenvalue weighted by Gasteiger charge is 2.15. The van der Waals surface area contributed by atoms with Crippen LogP contribution in [0, 0.1) is 6.92 Å². The molecule has 148 valence electrons. The summed E-state index contributed by atoms with van der Waals surface area (Å²) in [6.45, 7) is 2.27. The molecule has 3 aromatic rings. The van der Waals surface area contributed by atoms with Crippen LogP contribution in [-0.2, 0) is 5.75 Å². The van der Waals surface area contributed by atoms with Crippen LogP contribution in [0.15, 0.2) is 65.6 Å². The molecule has 1 heterocycles. The molecule has 0 aromatic heterocycles. The van der Waals surface area contributed by atoms with E-state index in [-0.39, 0.29) is 12.7 Å². The first-order valence-electron chi connectivity index (χ1n) is 9.20. The predicted octanol–water partition coefficient (Wildman–Crippen LogP) is 5.28. The van der Waals surface area contributed by atoms with E-state index >= 15 is 0 Å². The van der Waals surface area contributed by atoms with Gasteiger partial charge in [0.05, 0.1) is 7.11 Å². The Morgan fingerprint density at radius 2 is 1.83 bits per heavy atom. The number of carbonyl (C=O) groups is 1. The van der Waals surface area contributed by atoms with Crippen molar-refractivity contribution < 1.29 is 19.0 Å². The van der Waals surface area contributed by atoms with Gasteiger partial charge < -0.3 is 19.5 Å². The Bertz CT molecular complexity index is 1030. The fraction of sp³-hybridized carbons (Fsp3) is 0.174. The first-order chi connectivity index (χ1) is 14.1. The number of ether oxygens (including phenoxy) is 3. The molecule has 0 aliphatic carbocycles. The number of hydrogen-bond donors (Lipinski definition) is 1. The van der Waals surface area contributed by atoms with E-state index in [0.29, 0.717) is 28.5 Å². The van der Waals surface area contributed by atoms with Crippen molar-refractivity contribution in [2.24, 2.45) is 0 Å². The highest BCUT2D eigenvalue weighted by atomic mass is 32.2. The van der Waals surface area contributed by atoms with Crippen molar-refractivity contribution in [1.82, 2.24) is 0 Å². The van der Waals surface area contributed by atoms with Crippen LogP contribution in [0.1, 0.15) is 21.5 Å². The SMILES string of the molecule is COc1ccc(C(=O)Nc2ccc3c(c2)OCO3)cc1CSc1ccc(C)cc1. The average molecular weight is 407 g/mol. The van der Waals surface area contributed by atoms with Crippen molar-refractivity contribution in [3.63, 3.8) is 0 Å². The molecular formula is C23H21NO4S. The fourth-order valence-corrected chi connectivity index (χ4v) is 3.88. The van der Waals surface area contributed by atoms with Crippen molar-refractivity contribution in [3.8, 4) is 17.2 Å². The standard InChI is InChI=1S/C23H21NO4S/c1-15-3-7-19(8-4-15)29-13-17-11-16(5-9-20(17)26-2)23(25)24-18-6-10-21-22(12-18)28-14-27-21/h3-12H,13-14H2,1-2H3,(H,24,25). The third-order valence-electron chi connectivity index (χ3n) is 4.59. The van der Waals surface area contributed by atoms with Gasteiger partial charge in [-0.25, -0.2) is 0 Å². The molecule has 1 N–H and O–H groups in total. The van der Waals surface area contributed by atoms with Crippen molar-refractivity contribution >= 4 is 23.4 Å². The number of benzene rings is 3. The van der Waals surface area contributed by atoms with E-state index in [1.54, 1.807) is 43.1 Å². The Morgan fingerprint density at radius 3 is 2.62 bits per heavy atom. The summed E-state index contributed by atoms with van der Waals surface area (Å²) < 4.78 is 16.1. The van der Waals surface area contributed by atoms with Crippen molar-refractivity contribution in [2.75, 3.05) is 19.2 Å². The monoisotopic (exact) mass is 407 g/mol. The number of rotatable bonds is 6. The Kier molecular flexibility index (Phi) is 5.62. The molecule has 1 aliphatic heterocycles. The number of anilines is 1. The van der Waals surface area contributed by atoms with Gasteiger partial charge in [-0.05, 0) is 49.4 Å². The minimum Gasteiger partial charge on any atom is -0.496 e. The molecular weight excluding hydrogens is 386 g/mol. The quantitative estimate of drug-likeness (QED) is 0.564. The number of fused-ring (bicyclic) bond motifs is 1. The zero-order chi connectivity index (χ0) is 20.2. The summed E-state index contributed by atoms with van der Waals surface area (Å²) in [7, 11) is 1.64. The highest BCUT2D eigenvalue weighted by Crippen LogP contribution is 2.34. The number of nitrogens with one attached hydrogen (secondary N) is 1. The topological polar surface area (TPSA) is 56.8 Å². The lowest BCUT2D eigenvalue weighted by Crippen LogP contribution is -2.12. The molecule has 6 heteroatoms. The lowest BCUT2D eigenvalue weighted by atomic mass is 10.1. The summed E-state index contributed by atoms with van der Waals surface area (Å²) >= 11 is 1.71. The van der Waals surface area contributed by atoms with Gasteiger partial charge in [-0.2, -0.15) is 0 Å². The molecule has 3 aromatic carbocycles. The van der Waals surface area contributed by atoms with Crippen LogP contribution in [0.4, 0.5) is 5.69 Å².